The third-order valence-electron chi connectivity index (χ3n) is 3.76. The summed E-state index contributed by atoms with van der Waals surface area (Å²) in [6.45, 7) is 0.954. The largest absolute Gasteiger partial charge is 0.344 e. The van der Waals surface area contributed by atoms with Gasteiger partial charge in [-0.25, -0.2) is 0 Å². The first-order valence-electron chi connectivity index (χ1n) is 7.07. The van der Waals surface area contributed by atoms with E-state index in [9.17, 15) is 0 Å². The van der Waals surface area contributed by atoms with Gasteiger partial charge in [-0.1, -0.05) is 54.6 Å². The van der Waals surface area contributed by atoms with Crippen molar-refractivity contribution in [3.63, 3.8) is 0 Å². The third kappa shape index (κ3) is 3.13. The Morgan fingerprint density at radius 3 is 2.05 bits per heavy atom. The van der Waals surface area contributed by atoms with Crippen LogP contribution < -0.4 is 0 Å². The van der Waals surface area contributed by atoms with Gasteiger partial charge in [0.1, 0.15) is 0 Å². The first kappa shape index (κ1) is 13.8. The molecule has 0 aliphatic carbocycles. The van der Waals surface area contributed by atoms with Crippen molar-refractivity contribution in [1.82, 2.24) is 0 Å². The Bertz CT molecular complexity index is 619. The minimum Gasteiger partial charge on any atom is -0.344 e. The lowest BCUT2D eigenvalue weighted by Gasteiger charge is -2.30. The molecule has 0 amide bonds. The molecule has 0 atom stereocenters. The Morgan fingerprint density at radius 1 is 0.905 bits per heavy atom. The third-order valence-corrected chi connectivity index (χ3v) is 3.76. The second-order valence-corrected chi connectivity index (χ2v) is 5.25. The van der Waals surface area contributed by atoms with Crippen molar-refractivity contribution >= 4 is 0 Å². The molecule has 1 heterocycles. The molecule has 2 aromatic carbocycles. The van der Waals surface area contributed by atoms with Crippen LogP contribution in [0.5, 0.6) is 0 Å². The maximum Gasteiger partial charge on any atom is 0.186 e. The fourth-order valence-electron chi connectivity index (χ4n) is 2.59. The topological polar surface area (TPSA) is 42.2 Å². The van der Waals surface area contributed by atoms with Gasteiger partial charge in [0, 0.05) is 6.42 Å². The summed E-state index contributed by atoms with van der Waals surface area (Å²) in [6.07, 6.45) is 0.797. The van der Waals surface area contributed by atoms with E-state index < -0.39 is 5.79 Å². The molecule has 0 saturated carbocycles. The molecule has 2 aromatic rings. The zero-order valence-electron chi connectivity index (χ0n) is 11.8. The summed E-state index contributed by atoms with van der Waals surface area (Å²) in [4.78, 5) is 0. The number of hydrogen-bond donors (Lipinski definition) is 0. The summed E-state index contributed by atoms with van der Waals surface area (Å²) in [5.41, 5.74) is 3.37. The first-order chi connectivity index (χ1) is 10.3. The maximum absolute atomic E-state index is 9.16. The maximum atomic E-state index is 9.16. The number of hydrogen-bond acceptors (Lipinski definition) is 3. The van der Waals surface area contributed by atoms with Crippen LogP contribution in [0.1, 0.15) is 23.1 Å². The van der Waals surface area contributed by atoms with Crippen molar-refractivity contribution in [2.75, 3.05) is 0 Å². The summed E-state index contributed by atoms with van der Waals surface area (Å²) in [7, 11) is 0. The van der Waals surface area contributed by atoms with E-state index >= 15 is 0 Å². The summed E-state index contributed by atoms with van der Waals surface area (Å²) >= 11 is 0. The van der Waals surface area contributed by atoms with Crippen LogP contribution in [0.2, 0.25) is 0 Å². The van der Waals surface area contributed by atoms with Crippen molar-refractivity contribution in [1.29, 1.82) is 5.26 Å². The van der Waals surface area contributed by atoms with E-state index in [1.54, 1.807) is 0 Å². The minimum atomic E-state index is -0.866. The van der Waals surface area contributed by atoms with Gasteiger partial charge in [-0.05, 0) is 16.7 Å². The number of ether oxygens (including phenoxy) is 2. The molecule has 106 valence electrons. The Kier molecular flexibility index (Phi) is 4.01. The minimum absolute atomic E-state index is 0.218. The van der Waals surface area contributed by atoms with E-state index in [0.717, 1.165) is 16.7 Å². The molecule has 0 N–H and O–H groups in total. The van der Waals surface area contributed by atoms with Gasteiger partial charge in [-0.2, -0.15) is 5.26 Å². The highest BCUT2D eigenvalue weighted by molar-refractivity contribution is 5.27. The van der Waals surface area contributed by atoms with Crippen LogP contribution in [-0.4, -0.2) is 5.79 Å². The monoisotopic (exact) mass is 279 g/mol. The SMILES string of the molecule is N#CCC1(Cc2ccccc2)OCc2ccccc2CO1. The van der Waals surface area contributed by atoms with Crippen LogP contribution in [0.15, 0.2) is 54.6 Å². The number of nitrogens with zero attached hydrogens (tertiary/aromatic N) is 1. The van der Waals surface area contributed by atoms with Crippen molar-refractivity contribution in [2.45, 2.75) is 31.8 Å². The normalized spacial score (nSPS) is 16.5. The van der Waals surface area contributed by atoms with Crippen LogP contribution in [0.4, 0.5) is 0 Å². The summed E-state index contributed by atoms with van der Waals surface area (Å²) in [5, 5.41) is 9.16. The van der Waals surface area contributed by atoms with Gasteiger partial charge >= 0.3 is 0 Å². The highest BCUT2D eigenvalue weighted by Gasteiger charge is 2.35. The summed E-state index contributed by atoms with van der Waals surface area (Å²) < 4.78 is 12.0. The molecule has 1 aliphatic rings. The fraction of sp³-hybridized carbons (Fsp3) is 0.278. The molecule has 21 heavy (non-hydrogen) atoms. The summed E-state index contributed by atoms with van der Waals surface area (Å²) in [5.74, 6) is -0.866. The Labute approximate surface area is 124 Å². The van der Waals surface area contributed by atoms with E-state index in [1.807, 2.05) is 54.6 Å². The smallest absolute Gasteiger partial charge is 0.186 e. The predicted octanol–water partition coefficient (Wildman–Crippen LogP) is 3.59. The fourth-order valence-corrected chi connectivity index (χ4v) is 2.59. The van der Waals surface area contributed by atoms with Gasteiger partial charge in [0.25, 0.3) is 0 Å². The quantitative estimate of drug-likeness (QED) is 0.862. The predicted molar refractivity (Wildman–Crippen MR) is 79.1 cm³/mol. The average molecular weight is 279 g/mol. The number of rotatable bonds is 3. The van der Waals surface area contributed by atoms with Gasteiger partial charge in [-0.15, -0.1) is 0 Å². The van der Waals surface area contributed by atoms with Crippen molar-refractivity contribution in [3.8, 4) is 6.07 Å². The van der Waals surface area contributed by atoms with Crippen LogP contribution in [-0.2, 0) is 29.1 Å². The zero-order chi connectivity index (χ0) is 14.5. The number of benzene rings is 2. The molecule has 0 bridgehead atoms. The van der Waals surface area contributed by atoms with Gasteiger partial charge in [-0.3, -0.25) is 0 Å². The van der Waals surface area contributed by atoms with Crippen LogP contribution in [0.25, 0.3) is 0 Å². The van der Waals surface area contributed by atoms with Crippen molar-refractivity contribution in [3.05, 3.63) is 71.3 Å². The van der Waals surface area contributed by atoms with Gasteiger partial charge < -0.3 is 9.47 Å². The van der Waals surface area contributed by atoms with Crippen LogP contribution in [0.3, 0.4) is 0 Å². The molecule has 0 unspecified atom stereocenters. The lowest BCUT2D eigenvalue weighted by Crippen LogP contribution is -2.36. The lowest BCUT2D eigenvalue weighted by atomic mass is 10.0. The lowest BCUT2D eigenvalue weighted by molar-refractivity contribution is -0.240. The molecule has 0 saturated heterocycles. The molecule has 0 radical (unpaired) electrons. The molecule has 0 fully saturated rings. The van der Waals surface area contributed by atoms with Crippen LogP contribution >= 0.6 is 0 Å². The first-order valence-corrected chi connectivity index (χ1v) is 7.07. The van der Waals surface area contributed by atoms with E-state index in [2.05, 4.69) is 6.07 Å². The second kappa shape index (κ2) is 6.09. The average Bonchev–Trinajstić information content (AvgIpc) is 2.70. The molecular weight excluding hydrogens is 262 g/mol. The number of fused-ring (bicyclic) bond motifs is 1. The highest BCUT2D eigenvalue weighted by Crippen LogP contribution is 2.30. The van der Waals surface area contributed by atoms with Crippen molar-refractivity contribution < 1.29 is 9.47 Å². The van der Waals surface area contributed by atoms with E-state index in [4.69, 9.17) is 14.7 Å². The van der Waals surface area contributed by atoms with E-state index in [1.165, 1.54) is 0 Å². The van der Waals surface area contributed by atoms with Crippen LogP contribution in [0, 0.1) is 11.3 Å². The Morgan fingerprint density at radius 2 is 1.48 bits per heavy atom. The number of nitriles is 1. The van der Waals surface area contributed by atoms with Gasteiger partial charge in [0.05, 0.1) is 25.7 Å². The zero-order valence-corrected chi connectivity index (χ0v) is 11.8. The van der Waals surface area contributed by atoms with Crippen molar-refractivity contribution in [2.24, 2.45) is 0 Å². The molecular formula is C18H17NO2. The molecule has 0 aromatic heterocycles. The molecule has 3 heteroatoms. The molecule has 3 nitrogen and oxygen atoms in total. The summed E-state index contributed by atoms with van der Waals surface area (Å²) in [6, 6.07) is 20.3. The van der Waals surface area contributed by atoms with E-state index in [0.29, 0.717) is 19.6 Å². The molecule has 3 rings (SSSR count). The highest BCUT2D eigenvalue weighted by atomic mass is 16.7. The van der Waals surface area contributed by atoms with Gasteiger partial charge in [0.2, 0.25) is 0 Å². The van der Waals surface area contributed by atoms with E-state index in [-0.39, 0.29) is 6.42 Å². The Hall–Kier alpha value is -2.15. The van der Waals surface area contributed by atoms with Gasteiger partial charge in [0.15, 0.2) is 5.79 Å². The second-order valence-electron chi connectivity index (χ2n) is 5.25. The standard InChI is InChI=1S/C18H17NO2/c19-11-10-18(12-15-6-2-1-3-7-15)20-13-16-8-4-5-9-17(16)14-21-18/h1-9H,10,12-14H2. The Balaban J connectivity index is 1.84. The molecule has 1 aliphatic heterocycles. The molecule has 0 spiro atoms.